The highest BCUT2D eigenvalue weighted by molar-refractivity contribution is 5.38. The van der Waals surface area contributed by atoms with Gasteiger partial charge >= 0.3 is 0 Å². The predicted molar refractivity (Wildman–Crippen MR) is 53.2 cm³/mol. The smallest absolute Gasteiger partial charge is 0.153 e. The summed E-state index contributed by atoms with van der Waals surface area (Å²) in [6.07, 6.45) is 5.00. The van der Waals surface area contributed by atoms with Gasteiger partial charge in [-0.3, -0.25) is 0 Å². The van der Waals surface area contributed by atoms with E-state index in [0.29, 0.717) is 5.92 Å². The monoisotopic (exact) mass is 188 g/mol. The first-order valence-electron chi connectivity index (χ1n) is 4.94. The Kier molecular flexibility index (Phi) is 1.73. The maximum atomic E-state index is 4.56. The van der Waals surface area contributed by atoms with Gasteiger partial charge in [0.15, 0.2) is 5.65 Å². The van der Waals surface area contributed by atoms with Gasteiger partial charge in [0.25, 0.3) is 0 Å². The molecule has 3 rings (SSSR count). The topological polar surface area (TPSA) is 42.2 Å². The first-order valence-corrected chi connectivity index (χ1v) is 4.94. The Morgan fingerprint density at radius 1 is 1.50 bits per heavy atom. The Labute approximate surface area is 82.0 Å². The highest BCUT2D eigenvalue weighted by Crippen LogP contribution is 2.21. The molecule has 4 nitrogen and oxygen atoms in total. The van der Waals surface area contributed by atoms with Crippen molar-refractivity contribution in [2.45, 2.75) is 12.3 Å². The van der Waals surface area contributed by atoms with Crippen LogP contribution in [0, 0.1) is 0 Å². The van der Waals surface area contributed by atoms with Gasteiger partial charge in [-0.25, -0.2) is 9.50 Å². The van der Waals surface area contributed by atoms with Crippen LogP contribution in [0.3, 0.4) is 0 Å². The molecule has 3 heterocycles. The first kappa shape index (κ1) is 7.94. The van der Waals surface area contributed by atoms with Crippen molar-refractivity contribution in [3.8, 4) is 0 Å². The van der Waals surface area contributed by atoms with Crippen molar-refractivity contribution in [2.75, 3.05) is 13.1 Å². The summed E-state index contributed by atoms with van der Waals surface area (Å²) in [7, 11) is 0. The van der Waals surface area contributed by atoms with Crippen molar-refractivity contribution >= 4 is 5.65 Å². The lowest BCUT2D eigenvalue weighted by Gasteiger charge is -2.00. The zero-order valence-electron chi connectivity index (χ0n) is 7.85. The molecule has 1 atom stereocenters. The molecule has 1 N–H and O–H groups in total. The number of aromatic nitrogens is 3. The van der Waals surface area contributed by atoms with Gasteiger partial charge < -0.3 is 5.32 Å². The average molecular weight is 188 g/mol. The molecule has 1 aliphatic rings. The number of hydrogen-bond acceptors (Lipinski definition) is 3. The highest BCUT2D eigenvalue weighted by atomic mass is 15.2. The van der Waals surface area contributed by atoms with Gasteiger partial charge in [-0.15, -0.1) is 0 Å². The zero-order chi connectivity index (χ0) is 9.38. The minimum atomic E-state index is 0.566. The number of rotatable bonds is 1. The molecule has 1 saturated heterocycles. The molecular formula is C10H12N4. The second-order valence-electron chi connectivity index (χ2n) is 3.68. The molecule has 72 valence electrons. The van der Waals surface area contributed by atoms with E-state index in [1.165, 1.54) is 6.42 Å². The average Bonchev–Trinajstić information content (AvgIpc) is 2.86. The molecule has 2 aromatic heterocycles. The van der Waals surface area contributed by atoms with Crippen molar-refractivity contribution in [3.63, 3.8) is 0 Å². The van der Waals surface area contributed by atoms with Crippen LogP contribution in [0.1, 0.15) is 18.0 Å². The van der Waals surface area contributed by atoms with E-state index in [0.717, 1.165) is 24.4 Å². The van der Waals surface area contributed by atoms with E-state index in [4.69, 9.17) is 0 Å². The third kappa shape index (κ3) is 1.19. The van der Waals surface area contributed by atoms with E-state index in [9.17, 15) is 0 Å². The summed E-state index contributed by atoms with van der Waals surface area (Å²) >= 11 is 0. The summed E-state index contributed by atoms with van der Waals surface area (Å²) < 4.78 is 1.84. The fraction of sp³-hybridized carbons (Fsp3) is 0.400. The quantitative estimate of drug-likeness (QED) is 0.720. The standard InChI is InChI=1S/C10H12N4/c1-2-10-13-9(7-14(10)12-4-1)8-3-5-11-6-8/h1-2,4,7-8,11H,3,5-6H2. The Bertz CT molecular complexity index is 409. The second-order valence-corrected chi connectivity index (χ2v) is 3.68. The Hall–Kier alpha value is -1.42. The molecular weight excluding hydrogens is 176 g/mol. The summed E-state index contributed by atoms with van der Waals surface area (Å²) in [5.74, 6) is 0.566. The second kappa shape index (κ2) is 3.06. The summed E-state index contributed by atoms with van der Waals surface area (Å²) in [6, 6.07) is 3.90. The minimum Gasteiger partial charge on any atom is -0.316 e. The molecule has 2 aromatic rings. The lowest BCUT2D eigenvalue weighted by atomic mass is 10.1. The third-order valence-corrected chi connectivity index (χ3v) is 2.73. The molecule has 0 radical (unpaired) electrons. The van der Waals surface area contributed by atoms with Crippen LogP contribution in [-0.2, 0) is 0 Å². The maximum Gasteiger partial charge on any atom is 0.153 e. The van der Waals surface area contributed by atoms with Crippen molar-refractivity contribution in [1.82, 2.24) is 19.9 Å². The van der Waals surface area contributed by atoms with E-state index in [1.807, 2.05) is 22.8 Å². The van der Waals surface area contributed by atoms with Gasteiger partial charge in [-0.1, -0.05) is 0 Å². The summed E-state index contributed by atoms with van der Waals surface area (Å²) in [5.41, 5.74) is 2.10. The lowest BCUT2D eigenvalue weighted by molar-refractivity contribution is 0.740. The molecule has 4 heteroatoms. The summed E-state index contributed by atoms with van der Waals surface area (Å²) in [5, 5.41) is 7.55. The van der Waals surface area contributed by atoms with E-state index in [1.54, 1.807) is 6.20 Å². The van der Waals surface area contributed by atoms with Crippen molar-refractivity contribution in [3.05, 3.63) is 30.2 Å². The number of nitrogens with zero attached hydrogens (tertiary/aromatic N) is 3. The van der Waals surface area contributed by atoms with E-state index in [2.05, 4.69) is 15.4 Å². The molecule has 1 unspecified atom stereocenters. The van der Waals surface area contributed by atoms with Crippen molar-refractivity contribution in [1.29, 1.82) is 0 Å². The fourth-order valence-electron chi connectivity index (χ4n) is 1.95. The van der Waals surface area contributed by atoms with Gasteiger partial charge in [0.2, 0.25) is 0 Å². The first-order chi connectivity index (χ1) is 6.93. The summed E-state index contributed by atoms with van der Waals surface area (Å²) in [4.78, 5) is 4.56. The molecule has 1 fully saturated rings. The van der Waals surface area contributed by atoms with E-state index >= 15 is 0 Å². The normalized spacial score (nSPS) is 21.9. The number of hydrogen-bond donors (Lipinski definition) is 1. The van der Waals surface area contributed by atoms with Crippen LogP contribution in [0.2, 0.25) is 0 Å². The lowest BCUT2D eigenvalue weighted by Crippen LogP contribution is -2.08. The minimum absolute atomic E-state index is 0.566. The predicted octanol–water partition coefficient (Wildman–Crippen LogP) is 0.806. The molecule has 0 saturated carbocycles. The maximum absolute atomic E-state index is 4.56. The van der Waals surface area contributed by atoms with Crippen molar-refractivity contribution in [2.24, 2.45) is 0 Å². The molecule has 14 heavy (non-hydrogen) atoms. The Balaban J connectivity index is 2.05. The van der Waals surface area contributed by atoms with Gasteiger partial charge in [0.1, 0.15) is 0 Å². The Morgan fingerprint density at radius 3 is 3.29 bits per heavy atom. The van der Waals surface area contributed by atoms with Crippen LogP contribution in [-0.4, -0.2) is 27.7 Å². The van der Waals surface area contributed by atoms with Gasteiger partial charge in [-0.05, 0) is 25.1 Å². The van der Waals surface area contributed by atoms with Crippen LogP contribution < -0.4 is 5.32 Å². The van der Waals surface area contributed by atoms with E-state index in [-0.39, 0.29) is 0 Å². The van der Waals surface area contributed by atoms with Gasteiger partial charge in [0, 0.05) is 18.7 Å². The third-order valence-electron chi connectivity index (χ3n) is 2.73. The number of nitrogens with one attached hydrogen (secondary N) is 1. The van der Waals surface area contributed by atoms with Crippen LogP contribution in [0.4, 0.5) is 0 Å². The van der Waals surface area contributed by atoms with Crippen LogP contribution in [0.25, 0.3) is 5.65 Å². The number of imidazole rings is 1. The Morgan fingerprint density at radius 2 is 2.50 bits per heavy atom. The van der Waals surface area contributed by atoms with Crippen molar-refractivity contribution < 1.29 is 0 Å². The van der Waals surface area contributed by atoms with Crippen LogP contribution in [0.15, 0.2) is 24.5 Å². The largest absolute Gasteiger partial charge is 0.316 e. The molecule has 0 spiro atoms. The van der Waals surface area contributed by atoms with Gasteiger partial charge in [-0.2, -0.15) is 5.10 Å². The summed E-state index contributed by atoms with van der Waals surface area (Å²) in [6.45, 7) is 2.15. The van der Waals surface area contributed by atoms with Gasteiger partial charge in [0.05, 0.1) is 11.9 Å². The van der Waals surface area contributed by atoms with Crippen LogP contribution >= 0.6 is 0 Å². The zero-order valence-corrected chi connectivity index (χ0v) is 7.85. The highest BCUT2D eigenvalue weighted by Gasteiger charge is 2.19. The number of fused-ring (bicyclic) bond motifs is 1. The van der Waals surface area contributed by atoms with Crippen LogP contribution in [0.5, 0.6) is 0 Å². The molecule has 0 bridgehead atoms. The molecule has 0 aromatic carbocycles. The van der Waals surface area contributed by atoms with E-state index < -0.39 is 0 Å². The molecule has 1 aliphatic heterocycles. The SMILES string of the molecule is c1cnn2cc(C3CCNC3)nc2c1. The fourth-order valence-corrected chi connectivity index (χ4v) is 1.95. The molecule has 0 amide bonds. The molecule has 0 aliphatic carbocycles.